The summed E-state index contributed by atoms with van der Waals surface area (Å²) in [6, 6.07) is 8.03. The number of phenols is 1. The highest BCUT2D eigenvalue weighted by atomic mass is 19.1. The number of carbonyl (C=O) groups is 3. The molecule has 38 heavy (non-hydrogen) atoms. The lowest BCUT2D eigenvalue weighted by Gasteiger charge is -2.54. The van der Waals surface area contributed by atoms with Gasteiger partial charge in [0.2, 0.25) is 5.78 Å². The number of aliphatic hydroxyl groups excluding tert-OH is 3. The minimum Gasteiger partial charge on any atom is -0.508 e. The number of primary amides is 1. The number of aromatic hydroxyl groups is 1. The summed E-state index contributed by atoms with van der Waals surface area (Å²) in [5, 5.41) is 56.5. The molecule has 3 aliphatic rings. The first-order chi connectivity index (χ1) is 17.8. The maximum absolute atomic E-state index is 14.1. The third kappa shape index (κ3) is 3.19. The second kappa shape index (κ2) is 8.48. The van der Waals surface area contributed by atoms with E-state index in [4.69, 9.17) is 5.73 Å². The average molecular weight is 525 g/mol. The Balaban J connectivity index is 1.86. The Morgan fingerprint density at radius 3 is 2.26 bits per heavy atom. The molecule has 2 aromatic rings. The molecule has 0 heterocycles. The van der Waals surface area contributed by atoms with Crippen LogP contribution in [0.25, 0.3) is 5.76 Å². The number of nitrogens with zero attached hydrogens (tertiary/aromatic N) is 1. The van der Waals surface area contributed by atoms with Gasteiger partial charge in [0.15, 0.2) is 11.4 Å². The molecular formula is C27H25FN2O8. The molecular weight excluding hydrogens is 499 g/mol. The minimum absolute atomic E-state index is 0.148. The van der Waals surface area contributed by atoms with Crippen LogP contribution in [-0.2, 0) is 14.4 Å². The SMILES string of the molecule is CN(C)[C@@H]1C(=O)C(C(N)=O)=C(O)[C@@]2(O)C(=O)C3=C(O)c4c(O)cccc4[C@H](c4ccc(F)cc4)[C@H]3[C@H](O)[C@@H]12. The molecule has 1 saturated carbocycles. The second-order valence-corrected chi connectivity index (χ2v) is 10.0. The van der Waals surface area contributed by atoms with Crippen LogP contribution in [0.2, 0.25) is 0 Å². The van der Waals surface area contributed by atoms with E-state index in [1.165, 1.54) is 55.4 Å². The molecule has 198 valence electrons. The Morgan fingerprint density at radius 1 is 1.05 bits per heavy atom. The number of phenolic OH excluding ortho intramolecular Hbond substituents is 1. The number of hydrogen-bond acceptors (Lipinski definition) is 9. The number of fused-ring (bicyclic) bond motifs is 3. The third-order valence-electron chi connectivity index (χ3n) is 7.89. The fourth-order valence-corrected chi connectivity index (χ4v) is 6.33. The Kier molecular flexibility index (Phi) is 5.71. The molecule has 0 unspecified atom stereocenters. The molecule has 2 aromatic carbocycles. The van der Waals surface area contributed by atoms with Crippen LogP contribution in [-0.4, -0.2) is 79.7 Å². The van der Waals surface area contributed by atoms with Gasteiger partial charge in [-0.25, -0.2) is 4.39 Å². The van der Waals surface area contributed by atoms with Gasteiger partial charge in [0, 0.05) is 17.4 Å². The molecule has 1 fully saturated rings. The average Bonchev–Trinajstić information content (AvgIpc) is 2.84. The van der Waals surface area contributed by atoms with E-state index in [0.29, 0.717) is 11.1 Å². The Morgan fingerprint density at radius 2 is 1.68 bits per heavy atom. The van der Waals surface area contributed by atoms with Crippen LogP contribution in [0.1, 0.15) is 22.6 Å². The van der Waals surface area contributed by atoms with Gasteiger partial charge in [-0.15, -0.1) is 0 Å². The number of rotatable bonds is 3. The minimum atomic E-state index is -3.01. The Labute approximate surface area is 215 Å². The van der Waals surface area contributed by atoms with E-state index in [1.54, 1.807) is 6.07 Å². The number of aliphatic hydroxyl groups is 4. The number of amides is 1. The fourth-order valence-electron chi connectivity index (χ4n) is 6.33. The summed E-state index contributed by atoms with van der Waals surface area (Å²) in [4.78, 5) is 40.8. The zero-order chi connectivity index (χ0) is 27.8. The van der Waals surface area contributed by atoms with E-state index in [1.807, 2.05) is 0 Å². The largest absolute Gasteiger partial charge is 0.508 e. The fraction of sp³-hybridized carbons (Fsp3) is 0.296. The van der Waals surface area contributed by atoms with Gasteiger partial charge in [-0.3, -0.25) is 19.3 Å². The molecule has 0 bridgehead atoms. The van der Waals surface area contributed by atoms with E-state index in [2.05, 4.69) is 0 Å². The van der Waals surface area contributed by atoms with Gasteiger partial charge in [-0.1, -0.05) is 24.3 Å². The normalized spacial score (nSPS) is 30.7. The maximum Gasteiger partial charge on any atom is 0.255 e. The topological polar surface area (TPSA) is 182 Å². The Hall–Kier alpha value is -4.06. The molecule has 6 atom stereocenters. The van der Waals surface area contributed by atoms with Gasteiger partial charge >= 0.3 is 0 Å². The van der Waals surface area contributed by atoms with Crippen LogP contribution in [0, 0.1) is 17.7 Å². The van der Waals surface area contributed by atoms with Gasteiger partial charge in [0.25, 0.3) is 5.91 Å². The first kappa shape index (κ1) is 25.6. The van der Waals surface area contributed by atoms with Crippen LogP contribution in [0.5, 0.6) is 5.75 Å². The lowest BCUT2D eigenvalue weighted by molar-refractivity contribution is -0.169. The number of ketones is 2. The van der Waals surface area contributed by atoms with E-state index < -0.39 is 87.2 Å². The zero-order valence-corrected chi connectivity index (χ0v) is 20.3. The molecule has 5 rings (SSSR count). The third-order valence-corrected chi connectivity index (χ3v) is 7.89. The monoisotopic (exact) mass is 524 g/mol. The number of hydrogen-bond donors (Lipinski definition) is 6. The first-order valence-corrected chi connectivity index (χ1v) is 11.7. The summed E-state index contributed by atoms with van der Waals surface area (Å²) in [7, 11) is 2.85. The summed E-state index contributed by atoms with van der Waals surface area (Å²) in [5.74, 6) is -10.6. The first-order valence-electron chi connectivity index (χ1n) is 11.7. The van der Waals surface area contributed by atoms with Crippen molar-refractivity contribution in [3.63, 3.8) is 0 Å². The summed E-state index contributed by atoms with van der Waals surface area (Å²) in [5.41, 5.74) is 1.36. The van der Waals surface area contributed by atoms with Crippen LogP contribution < -0.4 is 5.73 Å². The quantitative estimate of drug-likeness (QED) is 0.314. The Bertz CT molecular complexity index is 1460. The summed E-state index contributed by atoms with van der Waals surface area (Å²) in [6.07, 6.45) is -1.77. The highest BCUT2D eigenvalue weighted by Gasteiger charge is 2.68. The summed E-state index contributed by atoms with van der Waals surface area (Å²) >= 11 is 0. The van der Waals surface area contributed by atoms with E-state index >= 15 is 0 Å². The highest BCUT2D eigenvalue weighted by Crippen LogP contribution is 2.57. The van der Waals surface area contributed by atoms with Gasteiger partial charge in [0.1, 0.15) is 28.7 Å². The van der Waals surface area contributed by atoms with Crippen molar-refractivity contribution >= 4 is 23.2 Å². The maximum atomic E-state index is 14.1. The molecule has 0 saturated heterocycles. The number of halogens is 1. The van der Waals surface area contributed by atoms with Crippen molar-refractivity contribution in [3.05, 3.63) is 81.9 Å². The van der Waals surface area contributed by atoms with Crippen molar-refractivity contribution in [1.29, 1.82) is 0 Å². The standard InChI is InChI=1S/C27H25FN2O8/c1-30(2)20-19-22(33)16-14(10-6-8-11(28)9-7-10)12-4-3-5-13(31)15(12)21(32)17(16)24(35)27(19,38)25(36)18(23(20)34)26(29)37/h3-9,14,16,19-20,22,31-33,36,38H,1-2H3,(H2,29,37)/t14-,16+,19+,20-,22-,27-/m0/s1. The van der Waals surface area contributed by atoms with E-state index in [-0.39, 0.29) is 5.56 Å². The molecule has 7 N–H and O–H groups in total. The van der Waals surface area contributed by atoms with Crippen LogP contribution in [0.3, 0.4) is 0 Å². The van der Waals surface area contributed by atoms with Crippen LogP contribution in [0.15, 0.2) is 59.4 Å². The predicted molar refractivity (Wildman–Crippen MR) is 130 cm³/mol. The lowest BCUT2D eigenvalue weighted by Crippen LogP contribution is -2.70. The number of benzene rings is 2. The van der Waals surface area contributed by atoms with Crippen molar-refractivity contribution in [2.45, 2.75) is 23.7 Å². The summed E-state index contributed by atoms with van der Waals surface area (Å²) < 4.78 is 13.8. The number of nitrogens with two attached hydrogens (primary N) is 1. The molecule has 0 aliphatic heterocycles. The lowest BCUT2D eigenvalue weighted by atomic mass is 9.53. The summed E-state index contributed by atoms with van der Waals surface area (Å²) in [6.45, 7) is 0. The molecule has 3 aliphatic carbocycles. The van der Waals surface area contributed by atoms with Gasteiger partial charge < -0.3 is 31.3 Å². The highest BCUT2D eigenvalue weighted by molar-refractivity contribution is 6.24. The molecule has 0 aromatic heterocycles. The second-order valence-electron chi connectivity index (χ2n) is 10.0. The molecule has 10 nitrogen and oxygen atoms in total. The molecule has 0 radical (unpaired) electrons. The molecule has 1 amide bonds. The zero-order valence-electron chi connectivity index (χ0n) is 20.3. The van der Waals surface area contributed by atoms with E-state index in [0.717, 1.165) is 0 Å². The number of likely N-dealkylation sites (N-methyl/N-ethyl adjacent to an activating group) is 1. The van der Waals surface area contributed by atoms with Crippen LogP contribution in [0.4, 0.5) is 4.39 Å². The van der Waals surface area contributed by atoms with Crippen LogP contribution >= 0.6 is 0 Å². The van der Waals surface area contributed by atoms with Crippen molar-refractivity contribution in [1.82, 2.24) is 4.90 Å². The van der Waals surface area contributed by atoms with Crippen molar-refractivity contribution in [3.8, 4) is 5.75 Å². The number of carbonyl (C=O) groups excluding carboxylic acids is 3. The molecule has 11 heteroatoms. The van der Waals surface area contributed by atoms with Crippen molar-refractivity contribution in [2.75, 3.05) is 14.1 Å². The van der Waals surface area contributed by atoms with Gasteiger partial charge in [-0.2, -0.15) is 0 Å². The van der Waals surface area contributed by atoms with E-state index in [9.17, 15) is 44.3 Å². The van der Waals surface area contributed by atoms with Gasteiger partial charge in [0.05, 0.1) is 23.6 Å². The molecule has 0 spiro atoms. The van der Waals surface area contributed by atoms with Crippen molar-refractivity contribution in [2.24, 2.45) is 17.6 Å². The van der Waals surface area contributed by atoms with Gasteiger partial charge in [-0.05, 0) is 43.4 Å². The van der Waals surface area contributed by atoms with Crippen molar-refractivity contribution < 1.29 is 44.3 Å². The predicted octanol–water partition coefficient (Wildman–Crippen LogP) is 0.663. The number of Topliss-reactive ketones (excluding diaryl/α,β-unsaturated/α-hetero) is 2. The smallest absolute Gasteiger partial charge is 0.255 e.